The fraction of sp³-hybridized carbons (Fsp3) is 0.294. The first kappa shape index (κ1) is 17.3. The number of nitrogen functional groups attached to an aromatic ring is 1. The first-order chi connectivity index (χ1) is 10.9. The normalized spacial score (nSPS) is 12.0. The molecule has 2 rings (SSSR count). The van der Waals surface area contributed by atoms with Gasteiger partial charge in [0.05, 0.1) is 11.7 Å². The number of nitrogens with one attached hydrogen (secondary N) is 1. The lowest BCUT2D eigenvalue weighted by molar-refractivity contribution is -0.137. The van der Waals surface area contributed by atoms with E-state index < -0.39 is 5.97 Å². The first-order valence-corrected chi connectivity index (χ1v) is 8.13. The topological polar surface area (TPSA) is 88.2 Å². The molecule has 0 fully saturated rings. The second-order valence-electron chi connectivity index (χ2n) is 5.56. The van der Waals surface area contributed by atoms with E-state index in [2.05, 4.69) is 32.3 Å². The summed E-state index contributed by atoms with van der Waals surface area (Å²) in [5.41, 5.74) is 9.80. The molecule has 0 aliphatic rings. The van der Waals surface area contributed by atoms with E-state index in [1.165, 1.54) is 0 Å². The largest absolute Gasteiger partial charge is 0.481 e. The van der Waals surface area contributed by atoms with Crippen LogP contribution in [0.5, 0.6) is 0 Å². The van der Waals surface area contributed by atoms with Crippen molar-refractivity contribution in [1.29, 1.82) is 0 Å². The van der Waals surface area contributed by atoms with Crippen molar-refractivity contribution in [3.8, 4) is 0 Å². The number of rotatable bonds is 6. The molecule has 2 aromatic rings. The summed E-state index contributed by atoms with van der Waals surface area (Å²) in [6, 6.07) is 9.51. The fourth-order valence-corrected chi connectivity index (χ4v) is 2.74. The van der Waals surface area contributed by atoms with Gasteiger partial charge >= 0.3 is 5.97 Å². The molecule has 1 atom stereocenters. The van der Waals surface area contributed by atoms with Crippen molar-refractivity contribution in [3.63, 3.8) is 0 Å². The summed E-state index contributed by atoms with van der Waals surface area (Å²) in [4.78, 5) is 15.3. The van der Waals surface area contributed by atoms with E-state index in [9.17, 15) is 4.79 Å². The zero-order valence-electron chi connectivity index (χ0n) is 13.1. The van der Waals surface area contributed by atoms with Crippen molar-refractivity contribution < 1.29 is 9.90 Å². The van der Waals surface area contributed by atoms with Gasteiger partial charge in [0.25, 0.3) is 0 Å². The number of benzene rings is 1. The van der Waals surface area contributed by atoms with Crippen molar-refractivity contribution in [3.05, 3.63) is 51.6 Å². The fourth-order valence-electron chi connectivity index (χ4n) is 2.44. The van der Waals surface area contributed by atoms with Crippen molar-refractivity contribution in [2.45, 2.75) is 32.7 Å². The van der Waals surface area contributed by atoms with E-state index >= 15 is 0 Å². The number of anilines is 2. The number of carbonyl (C=O) groups is 1. The van der Waals surface area contributed by atoms with Crippen LogP contribution in [0.2, 0.25) is 0 Å². The number of nitrogens with zero attached hydrogens (tertiary/aromatic N) is 1. The summed E-state index contributed by atoms with van der Waals surface area (Å²) >= 11 is 3.33. The number of aliphatic carboxylic acids is 1. The van der Waals surface area contributed by atoms with Gasteiger partial charge in [-0.3, -0.25) is 4.79 Å². The van der Waals surface area contributed by atoms with E-state index in [1.807, 2.05) is 26.0 Å². The van der Waals surface area contributed by atoms with Gasteiger partial charge in [0.15, 0.2) is 5.82 Å². The maximum atomic E-state index is 11.0. The van der Waals surface area contributed by atoms with Crippen LogP contribution >= 0.6 is 15.9 Å². The summed E-state index contributed by atoms with van der Waals surface area (Å²) in [5, 5.41) is 12.3. The number of aryl methyl sites for hydroxylation is 2. The lowest BCUT2D eigenvalue weighted by Crippen LogP contribution is -2.16. The molecule has 0 unspecified atom stereocenters. The Bertz CT molecular complexity index is 719. The third-order valence-electron chi connectivity index (χ3n) is 3.66. The highest BCUT2D eigenvalue weighted by molar-refractivity contribution is 9.10. The van der Waals surface area contributed by atoms with Gasteiger partial charge in [0.2, 0.25) is 0 Å². The highest BCUT2D eigenvalue weighted by Gasteiger charge is 2.17. The standard InChI is InChI=1S/C17H20BrN3O2/c1-10-3-4-11(2)12(9-10)14(6-8-16(22)23)20-17-13(19)5-7-15(18)21-17/h3-5,7,9,14H,6,8,19H2,1-2H3,(H,20,21)(H,22,23)/t14-/m1/s1. The number of carboxylic acid groups (broad SMARTS) is 1. The van der Waals surface area contributed by atoms with Gasteiger partial charge in [-0.05, 0) is 59.5 Å². The molecule has 0 aliphatic carbocycles. The monoisotopic (exact) mass is 377 g/mol. The number of halogens is 1. The van der Waals surface area contributed by atoms with Gasteiger partial charge in [0.1, 0.15) is 4.60 Å². The number of pyridine rings is 1. The molecule has 0 bridgehead atoms. The average Bonchev–Trinajstić information content (AvgIpc) is 2.49. The molecule has 1 aromatic heterocycles. The summed E-state index contributed by atoms with van der Waals surface area (Å²) < 4.78 is 0.673. The van der Waals surface area contributed by atoms with Crippen molar-refractivity contribution in [2.75, 3.05) is 11.1 Å². The van der Waals surface area contributed by atoms with E-state index in [0.717, 1.165) is 16.7 Å². The highest BCUT2D eigenvalue weighted by atomic mass is 79.9. The van der Waals surface area contributed by atoms with Gasteiger partial charge in [0, 0.05) is 6.42 Å². The molecule has 0 amide bonds. The molecule has 1 aromatic carbocycles. The smallest absolute Gasteiger partial charge is 0.303 e. The Balaban J connectivity index is 2.35. The van der Waals surface area contributed by atoms with Crippen LogP contribution in [0.1, 0.15) is 35.6 Å². The summed E-state index contributed by atoms with van der Waals surface area (Å²) in [6.07, 6.45) is 0.520. The minimum absolute atomic E-state index is 0.0684. The number of carboxylic acids is 1. The quantitative estimate of drug-likeness (QED) is 0.660. The maximum Gasteiger partial charge on any atom is 0.303 e. The zero-order chi connectivity index (χ0) is 17.0. The number of nitrogens with two attached hydrogens (primary N) is 1. The molecule has 0 saturated heterocycles. The molecule has 5 nitrogen and oxygen atoms in total. The Morgan fingerprint density at radius 1 is 1.35 bits per heavy atom. The molecule has 23 heavy (non-hydrogen) atoms. The van der Waals surface area contributed by atoms with Crippen LogP contribution in [0.25, 0.3) is 0 Å². The van der Waals surface area contributed by atoms with Gasteiger partial charge in [-0.25, -0.2) is 4.98 Å². The van der Waals surface area contributed by atoms with E-state index in [4.69, 9.17) is 10.8 Å². The van der Waals surface area contributed by atoms with Crippen LogP contribution < -0.4 is 11.1 Å². The molecule has 0 saturated carbocycles. The zero-order valence-corrected chi connectivity index (χ0v) is 14.7. The minimum Gasteiger partial charge on any atom is -0.481 e. The lowest BCUT2D eigenvalue weighted by Gasteiger charge is -2.22. The molecule has 0 radical (unpaired) electrons. The third kappa shape index (κ3) is 4.69. The average molecular weight is 378 g/mol. The summed E-state index contributed by atoms with van der Waals surface area (Å²) in [7, 11) is 0. The molecule has 6 heteroatoms. The molecular formula is C17H20BrN3O2. The van der Waals surface area contributed by atoms with Gasteiger partial charge < -0.3 is 16.2 Å². The number of aromatic nitrogens is 1. The Morgan fingerprint density at radius 2 is 2.09 bits per heavy atom. The summed E-state index contributed by atoms with van der Waals surface area (Å²) in [6.45, 7) is 4.03. The van der Waals surface area contributed by atoms with E-state index in [-0.39, 0.29) is 12.5 Å². The van der Waals surface area contributed by atoms with Crippen LogP contribution in [0.15, 0.2) is 34.9 Å². The van der Waals surface area contributed by atoms with Crippen LogP contribution in [0.4, 0.5) is 11.5 Å². The van der Waals surface area contributed by atoms with Crippen LogP contribution in [-0.4, -0.2) is 16.1 Å². The van der Waals surface area contributed by atoms with Crippen molar-refractivity contribution in [2.24, 2.45) is 0 Å². The van der Waals surface area contributed by atoms with Gasteiger partial charge in [-0.2, -0.15) is 0 Å². The van der Waals surface area contributed by atoms with Gasteiger partial charge in [-0.1, -0.05) is 23.8 Å². The van der Waals surface area contributed by atoms with Crippen molar-refractivity contribution in [1.82, 2.24) is 4.98 Å². The first-order valence-electron chi connectivity index (χ1n) is 7.34. The Kier molecular flexibility index (Phi) is 5.60. The summed E-state index contributed by atoms with van der Waals surface area (Å²) in [5.74, 6) is -0.270. The molecule has 0 aliphatic heterocycles. The van der Waals surface area contributed by atoms with Crippen LogP contribution in [0, 0.1) is 13.8 Å². The second kappa shape index (κ2) is 7.46. The maximum absolute atomic E-state index is 11.0. The van der Waals surface area contributed by atoms with Gasteiger partial charge in [-0.15, -0.1) is 0 Å². The Labute approximate surface area is 144 Å². The van der Waals surface area contributed by atoms with Crippen LogP contribution in [-0.2, 0) is 4.79 Å². The molecule has 1 heterocycles. The van der Waals surface area contributed by atoms with Crippen molar-refractivity contribution >= 4 is 33.4 Å². The van der Waals surface area contributed by atoms with E-state index in [1.54, 1.807) is 12.1 Å². The number of hydrogen-bond acceptors (Lipinski definition) is 4. The second-order valence-corrected chi connectivity index (χ2v) is 6.37. The molecule has 0 spiro atoms. The van der Waals surface area contributed by atoms with E-state index in [0.29, 0.717) is 22.5 Å². The Hall–Kier alpha value is -2.08. The third-order valence-corrected chi connectivity index (χ3v) is 4.10. The predicted molar refractivity (Wildman–Crippen MR) is 95.5 cm³/mol. The SMILES string of the molecule is Cc1ccc(C)c([C@@H](CCC(=O)O)Nc2nc(Br)ccc2N)c1. The molecule has 4 N–H and O–H groups in total. The minimum atomic E-state index is -0.822. The predicted octanol–water partition coefficient (Wildman–Crippen LogP) is 4.06. The Morgan fingerprint density at radius 3 is 2.78 bits per heavy atom. The molecular weight excluding hydrogens is 358 g/mol. The molecule has 122 valence electrons. The number of hydrogen-bond donors (Lipinski definition) is 3. The van der Waals surface area contributed by atoms with Crippen LogP contribution in [0.3, 0.4) is 0 Å². The lowest BCUT2D eigenvalue weighted by atomic mass is 9.95. The highest BCUT2D eigenvalue weighted by Crippen LogP contribution is 2.29.